The molecule has 2 aliphatic rings. The standard InChI is InChI=1S/C29H37N3O9S/c1-2-23(32-10-7-29(8-11-32)22-6-4-3-5-19(22)16-41-29)21(13-20-17-42-18-31-20)26(36)30-9-12-40-25(35)15-28(39,27(37)38)14-24(33)34/h3-6,17-18,21,23,39H,2,7-16H2,1H3,(H,30,36)(H,33,34)(H,37,38). The van der Waals surface area contributed by atoms with Crippen LogP contribution < -0.4 is 5.32 Å². The van der Waals surface area contributed by atoms with Crippen molar-refractivity contribution in [3.8, 4) is 0 Å². The molecule has 2 aromatic rings. The summed E-state index contributed by atoms with van der Waals surface area (Å²) in [5.41, 5.74) is 1.96. The Kier molecular flexibility index (Phi) is 10.3. The number of fused-ring (bicyclic) bond motifs is 2. The van der Waals surface area contributed by atoms with Crippen molar-refractivity contribution in [1.82, 2.24) is 15.2 Å². The second kappa shape index (κ2) is 13.7. The van der Waals surface area contributed by atoms with Crippen LogP contribution >= 0.6 is 11.3 Å². The lowest BCUT2D eigenvalue weighted by atomic mass is 9.81. The molecule has 0 bridgehead atoms. The molecule has 3 atom stereocenters. The number of hydrogen-bond donors (Lipinski definition) is 4. The van der Waals surface area contributed by atoms with E-state index in [0.717, 1.165) is 38.0 Å². The number of nitrogens with zero attached hydrogens (tertiary/aromatic N) is 2. The summed E-state index contributed by atoms with van der Waals surface area (Å²) >= 11 is 1.46. The summed E-state index contributed by atoms with van der Waals surface area (Å²) in [5, 5.41) is 32.7. The molecule has 0 saturated carbocycles. The number of ether oxygens (including phenoxy) is 2. The number of benzene rings is 1. The Labute approximate surface area is 247 Å². The van der Waals surface area contributed by atoms with Crippen LogP contribution in [0.3, 0.4) is 0 Å². The second-order valence-electron chi connectivity index (χ2n) is 10.8. The van der Waals surface area contributed by atoms with Gasteiger partial charge in [0.15, 0.2) is 5.60 Å². The fraction of sp³-hybridized carbons (Fsp3) is 0.552. The van der Waals surface area contributed by atoms with E-state index in [9.17, 15) is 24.3 Å². The lowest BCUT2D eigenvalue weighted by Crippen LogP contribution is -2.53. The van der Waals surface area contributed by atoms with Crippen molar-refractivity contribution in [2.45, 2.75) is 69.3 Å². The normalized spacial score (nSPS) is 18.9. The molecule has 0 aliphatic carbocycles. The third kappa shape index (κ3) is 7.33. The molecule has 12 nitrogen and oxygen atoms in total. The number of carboxylic acid groups (broad SMARTS) is 2. The first kappa shape index (κ1) is 31.5. The first-order chi connectivity index (χ1) is 20.1. The molecule has 3 heterocycles. The van der Waals surface area contributed by atoms with Gasteiger partial charge in [0.1, 0.15) is 6.61 Å². The molecule has 13 heteroatoms. The van der Waals surface area contributed by atoms with Crippen molar-refractivity contribution in [2.24, 2.45) is 5.92 Å². The van der Waals surface area contributed by atoms with Gasteiger partial charge in [-0.1, -0.05) is 31.2 Å². The van der Waals surface area contributed by atoms with Crippen molar-refractivity contribution < 1.29 is 44.0 Å². The SMILES string of the molecule is CCC(C(Cc1cscn1)C(=O)NCCOC(=O)CC(O)(CC(=O)O)C(=O)O)N1CCC2(CC1)OCc1ccccc12. The van der Waals surface area contributed by atoms with Crippen LogP contribution in [0, 0.1) is 5.92 Å². The predicted octanol–water partition coefficient (Wildman–Crippen LogP) is 1.94. The Balaban J connectivity index is 1.35. The predicted molar refractivity (Wildman–Crippen MR) is 151 cm³/mol. The molecule has 1 amide bonds. The Morgan fingerprint density at radius 2 is 1.93 bits per heavy atom. The maximum Gasteiger partial charge on any atom is 0.336 e. The van der Waals surface area contributed by atoms with Crippen LogP contribution in [0.4, 0.5) is 0 Å². The number of carbonyl (C=O) groups excluding carboxylic acids is 2. The van der Waals surface area contributed by atoms with Crippen molar-refractivity contribution in [3.05, 3.63) is 52.0 Å². The van der Waals surface area contributed by atoms with Crippen molar-refractivity contribution in [2.75, 3.05) is 26.2 Å². The van der Waals surface area contributed by atoms with Crippen molar-refractivity contribution in [3.63, 3.8) is 0 Å². The molecule has 1 fully saturated rings. The van der Waals surface area contributed by atoms with Gasteiger partial charge in [-0.15, -0.1) is 11.3 Å². The third-order valence-electron chi connectivity index (χ3n) is 8.16. The number of amides is 1. The Bertz CT molecular complexity index is 1260. The highest BCUT2D eigenvalue weighted by Crippen LogP contribution is 2.44. The number of rotatable bonds is 14. The van der Waals surface area contributed by atoms with Gasteiger partial charge in [0.05, 0.1) is 48.7 Å². The van der Waals surface area contributed by atoms with Crippen molar-refractivity contribution in [1.29, 1.82) is 0 Å². The Morgan fingerprint density at radius 1 is 1.19 bits per heavy atom. The van der Waals surface area contributed by atoms with Gasteiger partial charge in [0.2, 0.25) is 5.91 Å². The molecule has 42 heavy (non-hydrogen) atoms. The van der Waals surface area contributed by atoms with Gasteiger partial charge in [-0.3, -0.25) is 19.3 Å². The first-order valence-electron chi connectivity index (χ1n) is 14.0. The largest absolute Gasteiger partial charge is 0.481 e. The van der Waals surface area contributed by atoms with Crippen LogP contribution in [0.1, 0.15) is 55.8 Å². The van der Waals surface area contributed by atoms with E-state index in [2.05, 4.69) is 34.3 Å². The zero-order valence-electron chi connectivity index (χ0n) is 23.5. The number of carboxylic acids is 2. The molecular formula is C29H37N3O9S. The van der Waals surface area contributed by atoms with Gasteiger partial charge in [0.25, 0.3) is 0 Å². The van der Waals surface area contributed by atoms with Gasteiger partial charge in [-0.2, -0.15) is 0 Å². The topological polar surface area (TPSA) is 176 Å². The van der Waals surface area contributed by atoms with E-state index in [1.165, 1.54) is 22.5 Å². The Morgan fingerprint density at radius 3 is 2.57 bits per heavy atom. The maximum atomic E-state index is 13.5. The van der Waals surface area contributed by atoms with E-state index >= 15 is 0 Å². The molecule has 0 radical (unpaired) electrons. The number of carbonyl (C=O) groups is 4. The average Bonchev–Trinajstić information content (AvgIpc) is 3.60. The van der Waals surface area contributed by atoms with Crippen LogP contribution in [-0.4, -0.2) is 86.9 Å². The van der Waals surface area contributed by atoms with Crippen LogP contribution in [0.5, 0.6) is 0 Å². The lowest BCUT2D eigenvalue weighted by Gasteiger charge is -2.44. The third-order valence-corrected chi connectivity index (χ3v) is 8.80. The molecule has 2 aliphatic heterocycles. The van der Waals surface area contributed by atoms with E-state index < -0.39 is 42.3 Å². The maximum absolute atomic E-state index is 13.5. The number of esters is 1. The van der Waals surface area contributed by atoms with Crippen LogP contribution in [0.15, 0.2) is 35.2 Å². The number of thiazole rings is 1. The number of aliphatic hydroxyl groups is 1. The highest BCUT2D eigenvalue weighted by molar-refractivity contribution is 7.07. The molecule has 4 N–H and O–H groups in total. The highest BCUT2D eigenvalue weighted by Gasteiger charge is 2.45. The molecule has 1 aromatic carbocycles. The number of hydrogen-bond acceptors (Lipinski definition) is 10. The van der Waals surface area contributed by atoms with E-state index in [4.69, 9.17) is 19.7 Å². The molecule has 4 rings (SSSR count). The van der Waals surface area contributed by atoms with Crippen molar-refractivity contribution >= 4 is 35.2 Å². The zero-order chi connectivity index (χ0) is 30.3. The summed E-state index contributed by atoms with van der Waals surface area (Å²) in [6.45, 7) is 3.91. The minimum absolute atomic E-state index is 0.0350. The van der Waals surface area contributed by atoms with E-state index in [0.29, 0.717) is 13.0 Å². The second-order valence-corrected chi connectivity index (χ2v) is 11.6. The summed E-state index contributed by atoms with van der Waals surface area (Å²) in [6.07, 6.45) is 0.644. The highest BCUT2D eigenvalue weighted by atomic mass is 32.1. The van der Waals surface area contributed by atoms with Gasteiger partial charge < -0.3 is 30.1 Å². The lowest BCUT2D eigenvalue weighted by molar-refractivity contribution is -0.171. The quantitative estimate of drug-likeness (QED) is 0.183. The number of aliphatic carboxylic acids is 2. The number of piperidine rings is 1. The molecule has 1 aromatic heterocycles. The smallest absolute Gasteiger partial charge is 0.336 e. The minimum atomic E-state index is -2.78. The van der Waals surface area contributed by atoms with E-state index in [1.54, 1.807) is 5.51 Å². The summed E-state index contributed by atoms with van der Waals surface area (Å²) in [7, 11) is 0. The fourth-order valence-electron chi connectivity index (χ4n) is 6.00. The molecular weight excluding hydrogens is 566 g/mol. The summed E-state index contributed by atoms with van der Waals surface area (Å²) in [5.74, 6) is -5.13. The fourth-order valence-corrected chi connectivity index (χ4v) is 6.57. The van der Waals surface area contributed by atoms with Crippen LogP contribution in [-0.2, 0) is 47.3 Å². The number of aromatic nitrogens is 1. The van der Waals surface area contributed by atoms with E-state index in [-0.39, 0.29) is 30.7 Å². The van der Waals surface area contributed by atoms with Gasteiger partial charge in [0, 0.05) is 30.9 Å². The monoisotopic (exact) mass is 603 g/mol. The minimum Gasteiger partial charge on any atom is -0.481 e. The number of nitrogens with one attached hydrogen (secondary N) is 1. The van der Waals surface area contributed by atoms with Gasteiger partial charge in [-0.25, -0.2) is 9.78 Å². The molecule has 3 unspecified atom stereocenters. The average molecular weight is 604 g/mol. The molecule has 228 valence electrons. The number of likely N-dealkylation sites (tertiary alicyclic amines) is 1. The molecule has 1 spiro atoms. The van der Waals surface area contributed by atoms with Crippen LogP contribution in [0.2, 0.25) is 0 Å². The van der Waals surface area contributed by atoms with E-state index in [1.807, 2.05) is 17.5 Å². The van der Waals surface area contributed by atoms with Gasteiger partial charge >= 0.3 is 17.9 Å². The Hall–Kier alpha value is -3.39. The first-order valence-corrected chi connectivity index (χ1v) is 15.0. The van der Waals surface area contributed by atoms with Crippen LogP contribution in [0.25, 0.3) is 0 Å². The van der Waals surface area contributed by atoms with Gasteiger partial charge in [-0.05, 0) is 30.4 Å². The summed E-state index contributed by atoms with van der Waals surface area (Å²) < 4.78 is 11.3. The summed E-state index contributed by atoms with van der Waals surface area (Å²) in [6, 6.07) is 8.27. The molecule has 1 saturated heterocycles. The summed E-state index contributed by atoms with van der Waals surface area (Å²) in [4.78, 5) is 54.5. The zero-order valence-corrected chi connectivity index (χ0v) is 24.3.